The number of aromatic nitrogens is 1. The Kier molecular flexibility index (Phi) is 4.51. The number of hydrogen-bond donors (Lipinski definition) is 1. The Morgan fingerprint density at radius 2 is 2.14 bits per heavy atom. The summed E-state index contributed by atoms with van der Waals surface area (Å²) in [5.74, 6) is 0. The first-order valence-corrected chi connectivity index (χ1v) is 8.08. The van der Waals surface area contributed by atoms with Gasteiger partial charge in [-0.1, -0.05) is 31.2 Å². The van der Waals surface area contributed by atoms with Crippen molar-refractivity contribution in [2.75, 3.05) is 13.1 Å². The van der Waals surface area contributed by atoms with Crippen LogP contribution in [0, 0.1) is 0 Å². The molecule has 2 heterocycles. The lowest BCUT2D eigenvalue weighted by Gasteiger charge is -2.38. The average molecular weight is 283 g/mol. The van der Waals surface area contributed by atoms with Crippen LogP contribution in [0.3, 0.4) is 0 Å². The highest BCUT2D eigenvalue weighted by atomic mass is 15.2. The number of benzene rings is 1. The predicted molar refractivity (Wildman–Crippen MR) is 88.3 cm³/mol. The molecule has 0 amide bonds. The SMILES string of the molecule is CCNC1CCN(Cc2cccc3cccnc23)C(C)C1. The first kappa shape index (κ1) is 14.5. The van der Waals surface area contributed by atoms with E-state index in [-0.39, 0.29) is 0 Å². The number of piperidine rings is 1. The zero-order chi connectivity index (χ0) is 14.7. The molecule has 21 heavy (non-hydrogen) atoms. The minimum absolute atomic E-state index is 0.627. The fourth-order valence-electron chi connectivity index (χ4n) is 3.44. The van der Waals surface area contributed by atoms with Gasteiger partial charge in [-0.3, -0.25) is 9.88 Å². The van der Waals surface area contributed by atoms with Gasteiger partial charge in [0.05, 0.1) is 5.52 Å². The van der Waals surface area contributed by atoms with Gasteiger partial charge in [-0.15, -0.1) is 0 Å². The molecular weight excluding hydrogens is 258 g/mol. The molecule has 3 rings (SSSR count). The van der Waals surface area contributed by atoms with Gasteiger partial charge >= 0.3 is 0 Å². The Morgan fingerprint density at radius 3 is 2.95 bits per heavy atom. The van der Waals surface area contributed by atoms with E-state index in [1.165, 1.54) is 30.3 Å². The number of likely N-dealkylation sites (tertiary alicyclic amines) is 1. The lowest BCUT2D eigenvalue weighted by molar-refractivity contribution is 0.130. The summed E-state index contributed by atoms with van der Waals surface area (Å²) in [7, 11) is 0. The molecule has 3 nitrogen and oxygen atoms in total. The average Bonchev–Trinajstić information content (AvgIpc) is 2.51. The van der Waals surface area contributed by atoms with Crippen molar-refractivity contribution in [1.29, 1.82) is 0 Å². The fourth-order valence-corrected chi connectivity index (χ4v) is 3.44. The maximum Gasteiger partial charge on any atom is 0.0746 e. The zero-order valence-corrected chi connectivity index (χ0v) is 13.0. The van der Waals surface area contributed by atoms with E-state index < -0.39 is 0 Å². The van der Waals surface area contributed by atoms with E-state index in [0.717, 1.165) is 18.6 Å². The maximum absolute atomic E-state index is 4.58. The molecule has 0 aliphatic carbocycles. The Hall–Kier alpha value is -1.45. The van der Waals surface area contributed by atoms with Crippen LogP contribution in [-0.2, 0) is 6.54 Å². The topological polar surface area (TPSA) is 28.2 Å². The Balaban J connectivity index is 1.74. The monoisotopic (exact) mass is 283 g/mol. The number of para-hydroxylation sites is 1. The van der Waals surface area contributed by atoms with Gasteiger partial charge in [-0.05, 0) is 37.9 Å². The molecule has 1 aliphatic heterocycles. The summed E-state index contributed by atoms with van der Waals surface area (Å²) in [5.41, 5.74) is 2.50. The van der Waals surface area contributed by atoms with Crippen LogP contribution in [0.4, 0.5) is 0 Å². The van der Waals surface area contributed by atoms with Crippen LogP contribution in [-0.4, -0.2) is 35.1 Å². The number of rotatable bonds is 4. The van der Waals surface area contributed by atoms with Gasteiger partial charge in [0.25, 0.3) is 0 Å². The molecule has 2 aromatic rings. The van der Waals surface area contributed by atoms with Crippen molar-refractivity contribution in [2.45, 2.75) is 45.3 Å². The number of hydrogen-bond acceptors (Lipinski definition) is 3. The van der Waals surface area contributed by atoms with Gasteiger partial charge in [0.2, 0.25) is 0 Å². The second-order valence-electron chi connectivity index (χ2n) is 6.09. The molecule has 1 aromatic heterocycles. The van der Waals surface area contributed by atoms with Gasteiger partial charge in [0.15, 0.2) is 0 Å². The summed E-state index contributed by atoms with van der Waals surface area (Å²) >= 11 is 0. The highest BCUT2D eigenvalue weighted by Gasteiger charge is 2.25. The van der Waals surface area contributed by atoms with Gasteiger partial charge in [0, 0.05) is 36.8 Å². The summed E-state index contributed by atoms with van der Waals surface area (Å²) in [6.45, 7) is 7.79. The lowest BCUT2D eigenvalue weighted by atomic mass is 9.97. The van der Waals surface area contributed by atoms with E-state index in [4.69, 9.17) is 0 Å². The van der Waals surface area contributed by atoms with Crippen molar-refractivity contribution in [3.63, 3.8) is 0 Å². The highest BCUT2D eigenvalue weighted by molar-refractivity contribution is 5.81. The fraction of sp³-hybridized carbons (Fsp3) is 0.500. The van der Waals surface area contributed by atoms with Crippen LogP contribution in [0.2, 0.25) is 0 Å². The molecule has 0 spiro atoms. The highest BCUT2D eigenvalue weighted by Crippen LogP contribution is 2.23. The quantitative estimate of drug-likeness (QED) is 0.934. The van der Waals surface area contributed by atoms with Crippen LogP contribution in [0.25, 0.3) is 10.9 Å². The van der Waals surface area contributed by atoms with Crippen LogP contribution in [0.5, 0.6) is 0 Å². The molecule has 1 aliphatic rings. The normalized spacial score (nSPS) is 23.5. The van der Waals surface area contributed by atoms with Crippen molar-refractivity contribution < 1.29 is 0 Å². The van der Waals surface area contributed by atoms with Crippen molar-refractivity contribution >= 4 is 10.9 Å². The van der Waals surface area contributed by atoms with Crippen LogP contribution in [0.15, 0.2) is 36.5 Å². The summed E-state index contributed by atoms with van der Waals surface area (Å²) in [4.78, 5) is 7.17. The van der Waals surface area contributed by atoms with Crippen molar-refractivity contribution in [2.24, 2.45) is 0 Å². The summed E-state index contributed by atoms with van der Waals surface area (Å²) in [6, 6.07) is 12.0. The van der Waals surface area contributed by atoms with Crippen molar-refractivity contribution in [3.8, 4) is 0 Å². The summed E-state index contributed by atoms with van der Waals surface area (Å²) in [6.07, 6.45) is 4.38. The van der Waals surface area contributed by atoms with Gasteiger partial charge < -0.3 is 5.32 Å². The van der Waals surface area contributed by atoms with Crippen LogP contribution < -0.4 is 5.32 Å². The first-order chi connectivity index (χ1) is 10.3. The minimum Gasteiger partial charge on any atom is -0.314 e. The third-order valence-electron chi connectivity index (χ3n) is 4.60. The third-order valence-corrected chi connectivity index (χ3v) is 4.60. The smallest absolute Gasteiger partial charge is 0.0746 e. The second kappa shape index (κ2) is 6.54. The lowest BCUT2D eigenvalue weighted by Crippen LogP contribution is -2.46. The molecule has 1 N–H and O–H groups in total. The molecule has 0 saturated carbocycles. The predicted octanol–water partition coefficient (Wildman–Crippen LogP) is 3.20. The Bertz CT molecular complexity index is 591. The molecule has 0 radical (unpaired) electrons. The summed E-state index contributed by atoms with van der Waals surface area (Å²) in [5, 5.41) is 4.83. The molecule has 1 fully saturated rings. The maximum atomic E-state index is 4.58. The second-order valence-corrected chi connectivity index (χ2v) is 6.09. The van der Waals surface area contributed by atoms with E-state index in [2.05, 4.69) is 53.3 Å². The number of fused-ring (bicyclic) bond motifs is 1. The molecule has 3 heteroatoms. The van der Waals surface area contributed by atoms with E-state index in [1.807, 2.05) is 12.3 Å². The summed E-state index contributed by atoms with van der Waals surface area (Å²) < 4.78 is 0. The molecule has 1 aromatic carbocycles. The van der Waals surface area contributed by atoms with Gasteiger partial charge in [-0.2, -0.15) is 0 Å². The van der Waals surface area contributed by atoms with E-state index in [9.17, 15) is 0 Å². The number of pyridine rings is 1. The minimum atomic E-state index is 0.627. The van der Waals surface area contributed by atoms with E-state index in [0.29, 0.717) is 12.1 Å². The van der Waals surface area contributed by atoms with E-state index in [1.54, 1.807) is 0 Å². The van der Waals surface area contributed by atoms with Crippen LogP contribution in [0.1, 0.15) is 32.3 Å². The number of nitrogens with one attached hydrogen (secondary N) is 1. The molecule has 2 unspecified atom stereocenters. The standard InChI is InChI=1S/C18H25N3/c1-3-19-17-9-11-21(14(2)12-17)13-16-7-4-6-15-8-5-10-20-18(15)16/h4-8,10,14,17,19H,3,9,11-13H2,1-2H3. The first-order valence-electron chi connectivity index (χ1n) is 8.08. The van der Waals surface area contributed by atoms with Crippen molar-refractivity contribution in [3.05, 3.63) is 42.1 Å². The Labute approximate surface area is 127 Å². The van der Waals surface area contributed by atoms with Gasteiger partial charge in [-0.25, -0.2) is 0 Å². The number of nitrogens with zero attached hydrogens (tertiary/aromatic N) is 2. The van der Waals surface area contributed by atoms with Crippen molar-refractivity contribution in [1.82, 2.24) is 15.2 Å². The zero-order valence-electron chi connectivity index (χ0n) is 13.0. The largest absolute Gasteiger partial charge is 0.314 e. The molecule has 2 atom stereocenters. The molecule has 0 bridgehead atoms. The third kappa shape index (κ3) is 3.25. The van der Waals surface area contributed by atoms with Crippen LogP contribution >= 0.6 is 0 Å². The van der Waals surface area contributed by atoms with E-state index >= 15 is 0 Å². The Morgan fingerprint density at radius 1 is 1.29 bits per heavy atom. The molecular formula is C18H25N3. The molecule has 1 saturated heterocycles. The molecule has 112 valence electrons. The van der Waals surface area contributed by atoms with Gasteiger partial charge in [0.1, 0.15) is 0 Å².